The van der Waals surface area contributed by atoms with Crippen LogP contribution in [0.25, 0.3) is 0 Å². The molecule has 0 saturated heterocycles. The molecular weight excluding hydrogens is 336 g/mol. The number of likely N-dealkylation sites (N-methyl/N-ethyl adjacent to an activating group) is 1. The second-order valence-electron chi connectivity index (χ2n) is 6.98. The van der Waals surface area contributed by atoms with E-state index in [0.29, 0.717) is 12.3 Å². The number of hydrogen-bond donors (Lipinski definition) is 3. The van der Waals surface area contributed by atoms with Gasteiger partial charge >= 0.3 is 12.2 Å². The van der Waals surface area contributed by atoms with Crippen molar-refractivity contribution in [1.29, 1.82) is 0 Å². The van der Waals surface area contributed by atoms with Crippen molar-refractivity contribution in [2.24, 2.45) is 5.92 Å². The number of carbonyl (C=O) groups excluding carboxylic acids is 1. The first-order valence-corrected chi connectivity index (χ1v) is 9.03. The SMILES string of the molecule is CN(C[C@H](CC1CCC(O)CC1)NC(=O)O)C(=O)OCc1ccccc1. The summed E-state index contributed by atoms with van der Waals surface area (Å²) in [5.74, 6) is 0.351. The van der Waals surface area contributed by atoms with Crippen molar-refractivity contribution in [2.75, 3.05) is 13.6 Å². The predicted octanol–water partition coefficient (Wildman–Crippen LogP) is 2.83. The van der Waals surface area contributed by atoms with Gasteiger partial charge in [0.2, 0.25) is 0 Å². The van der Waals surface area contributed by atoms with Crippen LogP contribution in [-0.4, -0.2) is 53.0 Å². The van der Waals surface area contributed by atoms with E-state index in [9.17, 15) is 14.7 Å². The van der Waals surface area contributed by atoms with Crippen molar-refractivity contribution in [2.45, 2.75) is 50.9 Å². The molecule has 1 aliphatic carbocycles. The standard InChI is InChI=1S/C19H28N2O5/c1-21(19(25)26-13-15-5-3-2-4-6-15)12-16(20-18(23)24)11-14-7-9-17(22)10-8-14/h2-6,14,16-17,20,22H,7-13H2,1H3,(H,23,24)/t14?,16-,17?/m0/s1. The number of nitrogens with one attached hydrogen (secondary N) is 1. The summed E-state index contributed by atoms with van der Waals surface area (Å²) >= 11 is 0. The Hall–Kier alpha value is -2.28. The highest BCUT2D eigenvalue weighted by Crippen LogP contribution is 2.28. The Morgan fingerprint density at radius 1 is 1.23 bits per heavy atom. The first kappa shape index (κ1) is 20.0. The summed E-state index contributed by atoms with van der Waals surface area (Å²) in [4.78, 5) is 24.7. The van der Waals surface area contributed by atoms with Gasteiger partial charge in [0.05, 0.1) is 12.1 Å². The van der Waals surface area contributed by atoms with Crippen molar-refractivity contribution in [3.8, 4) is 0 Å². The summed E-state index contributed by atoms with van der Waals surface area (Å²) in [7, 11) is 1.61. The molecule has 3 N–H and O–H groups in total. The highest BCUT2D eigenvalue weighted by Gasteiger charge is 2.25. The van der Waals surface area contributed by atoms with E-state index in [0.717, 1.165) is 31.2 Å². The van der Waals surface area contributed by atoms with Gasteiger partial charge < -0.3 is 25.2 Å². The van der Waals surface area contributed by atoms with E-state index in [-0.39, 0.29) is 25.3 Å². The second-order valence-corrected chi connectivity index (χ2v) is 6.98. The van der Waals surface area contributed by atoms with Crippen LogP contribution in [0.2, 0.25) is 0 Å². The monoisotopic (exact) mass is 364 g/mol. The fourth-order valence-electron chi connectivity index (χ4n) is 3.37. The van der Waals surface area contributed by atoms with Crippen LogP contribution in [0.5, 0.6) is 0 Å². The molecule has 1 aromatic rings. The molecule has 1 saturated carbocycles. The number of ether oxygens (including phenoxy) is 1. The average Bonchev–Trinajstić information content (AvgIpc) is 2.62. The molecule has 0 bridgehead atoms. The maximum Gasteiger partial charge on any atom is 0.409 e. The highest BCUT2D eigenvalue weighted by molar-refractivity contribution is 5.68. The molecule has 0 heterocycles. The smallest absolute Gasteiger partial charge is 0.409 e. The third kappa shape index (κ3) is 6.92. The third-order valence-corrected chi connectivity index (χ3v) is 4.77. The number of hydrogen-bond acceptors (Lipinski definition) is 4. The van der Waals surface area contributed by atoms with Crippen molar-refractivity contribution >= 4 is 12.2 Å². The summed E-state index contributed by atoms with van der Waals surface area (Å²) in [6, 6.07) is 9.03. The van der Waals surface area contributed by atoms with E-state index in [1.165, 1.54) is 4.90 Å². The number of benzene rings is 1. The lowest BCUT2D eigenvalue weighted by atomic mass is 9.83. The Morgan fingerprint density at radius 3 is 2.50 bits per heavy atom. The molecule has 1 atom stereocenters. The van der Waals surface area contributed by atoms with Gasteiger partial charge in [-0.1, -0.05) is 30.3 Å². The minimum absolute atomic E-state index is 0.182. The molecule has 1 aromatic carbocycles. The van der Waals surface area contributed by atoms with Crippen LogP contribution < -0.4 is 5.32 Å². The number of aliphatic hydroxyl groups is 1. The Kier molecular flexibility index (Phi) is 7.72. The van der Waals surface area contributed by atoms with Gasteiger partial charge in [0.1, 0.15) is 6.61 Å². The number of rotatable bonds is 7. The summed E-state index contributed by atoms with van der Waals surface area (Å²) in [6.07, 6.45) is 2.07. The lowest BCUT2D eigenvalue weighted by Gasteiger charge is -2.30. The van der Waals surface area contributed by atoms with Gasteiger partial charge in [-0.3, -0.25) is 0 Å². The van der Waals surface area contributed by atoms with Gasteiger partial charge in [-0.05, 0) is 43.6 Å². The number of carboxylic acid groups (broad SMARTS) is 1. The van der Waals surface area contributed by atoms with Crippen LogP contribution in [0.4, 0.5) is 9.59 Å². The molecule has 2 rings (SSSR count). The van der Waals surface area contributed by atoms with Crippen LogP contribution in [0.3, 0.4) is 0 Å². The fourth-order valence-corrected chi connectivity index (χ4v) is 3.37. The van der Waals surface area contributed by atoms with Gasteiger partial charge in [0, 0.05) is 13.6 Å². The lowest BCUT2D eigenvalue weighted by Crippen LogP contribution is -2.45. The quantitative estimate of drug-likeness (QED) is 0.691. The number of nitrogens with zero attached hydrogens (tertiary/aromatic N) is 1. The fraction of sp³-hybridized carbons (Fsp3) is 0.579. The molecule has 144 valence electrons. The van der Waals surface area contributed by atoms with E-state index in [1.54, 1.807) is 7.05 Å². The van der Waals surface area contributed by atoms with Crippen LogP contribution in [0.1, 0.15) is 37.7 Å². The first-order valence-electron chi connectivity index (χ1n) is 9.03. The largest absolute Gasteiger partial charge is 0.465 e. The van der Waals surface area contributed by atoms with E-state index < -0.39 is 12.2 Å². The zero-order valence-electron chi connectivity index (χ0n) is 15.1. The molecule has 0 aromatic heterocycles. The van der Waals surface area contributed by atoms with Gasteiger partial charge in [-0.25, -0.2) is 9.59 Å². The molecule has 26 heavy (non-hydrogen) atoms. The highest BCUT2D eigenvalue weighted by atomic mass is 16.6. The summed E-state index contributed by atoms with van der Waals surface area (Å²) in [5.41, 5.74) is 0.898. The molecule has 0 radical (unpaired) electrons. The Balaban J connectivity index is 1.83. The Morgan fingerprint density at radius 2 is 1.88 bits per heavy atom. The Labute approximate surface area is 154 Å². The topological polar surface area (TPSA) is 99.1 Å². The molecule has 7 nitrogen and oxygen atoms in total. The zero-order valence-corrected chi connectivity index (χ0v) is 15.1. The number of amides is 2. The van der Waals surface area contributed by atoms with Gasteiger partial charge in [-0.2, -0.15) is 0 Å². The average molecular weight is 364 g/mol. The molecule has 2 amide bonds. The van der Waals surface area contributed by atoms with Gasteiger partial charge in [-0.15, -0.1) is 0 Å². The maximum absolute atomic E-state index is 12.2. The van der Waals surface area contributed by atoms with Crippen molar-refractivity contribution < 1.29 is 24.5 Å². The molecule has 0 unspecified atom stereocenters. The van der Waals surface area contributed by atoms with Crippen LogP contribution >= 0.6 is 0 Å². The summed E-state index contributed by atoms with van der Waals surface area (Å²) in [6.45, 7) is 0.431. The van der Waals surface area contributed by atoms with E-state index in [2.05, 4.69) is 5.32 Å². The second kappa shape index (κ2) is 10.0. The van der Waals surface area contributed by atoms with Crippen LogP contribution in [0.15, 0.2) is 30.3 Å². The lowest BCUT2D eigenvalue weighted by molar-refractivity contribution is 0.0911. The maximum atomic E-state index is 12.2. The minimum atomic E-state index is -1.10. The minimum Gasteiger partial charge on any atom is -0.465 e. The van der Waals surface area contributed by atoms with Crippen LogP contribution in [-0.2, 0) is 11.3 Å². The summed E-state index contributed by atoms with van der Waals surface area (Å²) < 4.78 is 5.28. The van der Waals surface area contributed by atoms with E-state index in [4.69, 9.17) is 9.84 Å². The zero-order chi connectivity index (χ0) is 18.9. The van der Waals surface area contributed by atoms with Crippen molar-refractivity contribution in [3.05, 3.63) is 35.9 Å². The van der Waals surface area contributed by atoms with E-state index >= 15 is 0 Å². The molecule has 1 fully saturated rings. The molecule has 0 spiro atoms. The van der Waals surface area contributed by atoms with E-state index in [1.807, 2.05) is 30.3 Å². The molecular formula is C19H28N2O5. The van der Waals surface area contributed by atoms with Crippen molar-refractivity contribution in [1.82, 2.24) is 10.2 Å². The van der Waals surface area contributed by atoms with Gasteiger partial charge in [0.25, 0.3) is 0 Å². The number of carbonyl (C=O) groups is 2. The normalized spacial score (nSPS) is 20.8. The van der Waals surface area contributed by atoms with Crippen molar-refractivity contribution in [3.63, 3.8) is 0 Å². The molecule has 1 aliphatic rings. The molecule has 0 aliphatic heterocycles. The predicted molar refractivity (Wildman–Crippen MR) is 96.8 cm³/mol. The van der Waals surface area contributed by atoms with Crippen LogP contribution in [0, 0.1) is 5.92 Å². The van der Waals surface area contributed by atoms with Gasteiger partial charge in [0.15, 0.2) is 0 Å². The third-order valence-electron chi connectivity index (χ3n) is 4.77. The Bertz CT molecular complexity index is 573. The first-order chi connectivity index (χ1) is 12.4. The molecule has 7 heteroatoms. The summed E-state index contributed by atoms with van der Waals surface area (Å²) in [5, 5.41) is 21.2. The number of aliphatic hydroxyl groups excluding tert-OH is 1.